The van der Waals surface area contributed by atoms with Gasteiger partial charge in [-0.05, 0) is 29.6 Å². The monoisotopic (exact) mass is 456 g/mol. The number of halogens is 3. The first-order valence-electron chi connectivity index (χ1n) is 8.66. The lowest BCUT2D eigenvalue weighted by atomic mass is 10.1. The number of anilines is 1. The Morgan fingerprint density at radius 1 is 1.23 bits per heavy atom. The molecule has 0 saturated heterocycles. The molecule has 164 valence electrons. The second-order valence-corrected chi connectivity index (χ2v) is 7.03. The normalized spacial score (nSPS) is 14.0. The van der Waals surface area contributed by atoms with E-state index in [4.69, 9.17) is 9.84 Å². The fourth-order valence-corrected chi connectivity index (χ4v) is 3.42. The Hall–Kier alpha value is -3.38. The number of esters is 1. The number of carbonyl (C=O) groups excluding carboxylic acids is 3. The van der Waals surface area contributed by atoms with E-state index < -0.39 is 36.1 Å². The van der Waals surface area contributed by atoms with Gasteiger partial charge in [-0.2, -0.15) is 13.2 Å². The van der Waals surface area contributed by atoms with E-state index in [0.29, 0.717) is 6.07 Å². The van der Waals surface area contributed by atoms with Crippen LogP contribution in [-0.4, -0.2) is 48.1 Å². The number of aliphatic hydroxyl groups is 1. The molecule has 0 radical (unpaired) electrons. The van der Waals surface area contributed by atoms with Crippen LogP contribution < -0.4 is 10.1 Å². The van der Waals surface area contributed by atoms with Crippen molar-refractivity contribution in [2.45, 2.75) is 6.18 Å². The van der Waals surface area contributed by atoms with Crippen molar-refractivity contribution >= 4 is 34.8 Å². The highest BCUT2D eigenvalue weighted by Crippen LogP contribution is 2.39. The van der Waals surface area contributed by atoms with Gasteiger partial charge in [0.15, 0.2) is 16.4 Å². The molecule has 2 heterocycles. The maximum atomic E-state index is 13.2. The summed E-state index contributed by atoms with van der Waals surface area (Å²) in [4.78, 5) is 36.9. The van der Waals surface area contributed by atoms with E-state index in [0.717, 1.165) is 34.4 Å². The van der Waals surface area contributed by atoms with Gasteiger partial charge in [0.05, 0.1) is 31.5 Å². The van der Waals surface area contributed by atoms with Crippen molar-refractivity contribution in [1.29, 1.82) is 0 Å². The molecule has 0 bridgehead atoms. The summed E-state index contributed by atoms with van der Waals surface area (Å²) in [6.45, 7) is -0.729. The van der Waals surface area contributed by atoms with Gasteiger partial charge in [0.2, 0.25) is 0 Å². The number of thiophene rings is 1. The Bertz CT molecular complexity index is 1060. The molecule has 1 aliphatic rings. The standard InChI is InChI=1S/C19H15F3N2O6S/c1-29-18(28)16-14(4-7-31-16)30-13-3-2-10(19(20,21)22)8-11(13)23-12-9-15(26)24(5-6-25)17(12)27/h2-4,7-9,23,25H,5-6H2,1H3. The van der Waals surface area contributed by atoms with Gasteiger partial charge in [-0.3, -0.25) is 14.5 Å². The summed E-state index contributed by atoms with van der Waals surface area (Å²) < 4.78 is 49.9. The average molecular weight is 456 g/mol. The van der Waals surface area contributed by atoms with Crippen molar-refractivity contribution in [2.75, 3.05) is 25.6 Å². The topological polar surface area (TPSA) is 105 Å². The van der Waals surface area contributed by atoms with Crippen LogP contribution in [0.3, 0.4) is 0 Å². The van der Waals surface area contributed by atoms with Gasteiger partial charge in [0, 0.05) is 6.08 Å². The minimum Gasteiger partial charge on any atom is -0.465 e. The molecule has 2 aromatic rings. The molecule has 0 unspecified atom stereocenters. The molecule has 0 fully saturated rings. The summed E-state index contributed by atoms with van der Waals surface area (Å²) >= 11 is 1.01. The lowest BCUT2D eigenvalue weighted by molar-refractivity contribution is -0.138. The maximum Gasteiger partial charge on any atom is 0.416 e. The van der Waals surface area contributed by atoms with E-state index in [2.05, 4.69) is 10.1 Å². The number of methoxy groups -OCH3 is 1. The van der Waals surface area contributed by atoms with E-state index in [1.807, 2.05) is 0 Å². The number of hydrogen-bond donors (Lipinski definition) is 2. The number of hydrogen-bond acceptors (Lipinski definition) is 8. The summed E-state index contributed by atoms with van der Waals surface area (Å²) in [5, 5.41) is 13.0. The van der Waals surface area contributed by atoms with Crippen LogP contribution in [0.15, 0.2) is 41.4 Å². The zero-order valence-corrected chi connectivity index (χ0v) is 16.7. The van der Waals surface area contributed by atoms with Gasteiger partial charge in [-0.25, -0.2) is 4.79 Å². The molecule has 0 aliphatic carbocycles. The molecule has 12 heteroatoms. The Morgan fingerprint density at radius 2 is 1.97 bits per heavy atom. The molecule has 0 spiro atoms. The van der Waals surface area contributed by atoms with Gasteiger partial charge in [-0.15, -0.1) is 11.3 Å². The fraction of sp³-hybridized carbons (Fsp3) is 0.211. The predicted molar refractivity (Wildman–Crippen MR) is 103 cm³/mol. The highest BCUT2D eigenvalue weighted by molar-refractivity contribution is 7.12. The Kier molecular flexibility index (Phi) is 6.32. The summed E-state index contributed by atoms with van der Waals surface area (Å²) in [6, 6.07) is 3.95. The molecule has 2 amide bonds. The third-order valence-corrected chi connectivity index (χ3v) is 5.00. The van der Waals surface area contributed by atoms with Crippen LogP contribution in [-0.2, 0) is 20.5 Å². The minimum atomic E-state index is -4.68. The molecule has 2 N–H and O–H groups in total. The Balaban J connectivity index is 1.97. The van der Waals surface area contributed by atoms with Crippen LogP contribution in [0.1, 0.15) is 15.2 Å². The molecule has 0 atom stereocenters. The molecule has 31 heavy (non-hydrogen) atoms. The highest BCUT2D eigenvalue weighted by atomic mass is 32.1. The molecular formula is C19H15F3N2O6S. The summed E-state index contributed by atoms with van der Waals surface area (Å²) in [7, 11) is 1.17. The lowest BCUT2D eigenvalue weighted by Gasteiger charge is -2.17. The van der Waals surface area contributed by atoms with E-state index in [-0.39, 0.29) is 34.3 Å². The number of nitrogens with zero attached hydrogens (tertiary/aromatic N) is 1. The van der Waals surface area contributed by atoms with Crippen molar-refractivity contribution in [2.24, 2.45) is 0 Å². The van der Waals surface area contributed by atoms with Gasteiger partial charge >= 0.3 is 12.1 Å². The molecule has 1 aliphatic heterocycles. The zero-order valence-electron chi connectivity index (χ0n) is 15.9. The van der Waals surface area contributed by atoms with Gasteiger partial charge in [0.25, 0.3) is 11.8 Å². The number of alkyl halides is 3. The van der Waals surface area contributed by atoms with Crippen LogP contribution >= 0.6 is 11.3 Å². The maximum absolute atomic E-state index is 13.2. The number of aliphatic hydroxyl groups excluding tert-OH is 1. The largest absolute Gasteiger partial charge is 0.465 e. The second-order valence-electron chi connectivity index (χ2n) is 6.12. The smallest absolute Gasteiger partial charge is 0.416 e. The number of benzene rings is 1. The Morgan fingerprint density at radius 3 is 2.61 bits per heavy atom. The van der Waals surface area contributed by atoms with Crippen LogP contribution in [0.25, 0.3) is 0 Å². The predicted octanol–water partition coefficient (Wildman–Crippen LogP) is 3.00. The van der Waals surface area contributed by atoms with Crippen LogP contribution in [0.4, 0.5) is 18.9 Å². The minimum absolute atomic E-state index is 0.0457. The Labute approximate surface area is 177 Å². The molecular weight excluding hydrogens is 441 g/mol. The van der Waals surface area contributed by atoms with Crippen LogP contribution in [0.5, 0.6) is 11.5 Å². The molecule has 1 aromatic carbocycles. The van der Waals surface area contributed by atoms with Crippen molar-refractivity contribution < 1.29 is 42.1 Å². The van der Waals surface area contributed by atoms with E-state index in [9.17, 15) is 27.6 Å². The van der Waals surface area contributed by atoms with E-state index in [1.165, 1.54) is 18.6 Å². The zero-order chi connectivity index (χ0) is 22.8. The summed E-state index contributed by atoms with van der Waals surface area (Å²) in [5.41, 5.74) is -1.57. The number of nitrogens with one attached hydrogen (secondary N) is 1. The second kappa shape index (κ2) is 8.78. The number of imide groups is 1. The van der Waals surface area contributed by atoms with Gasteiger partial charge in [-0.1, -0.05) is 0 Å². The quantitative estimate of drug-likeness (QED) is 0.488. The number of rotatable bonds is 7. The summed E-state index contributed by atoms with van der Waals surface area (Å²) in [6.07, 6.45) is -3.77. The van der Waals surface area contributed by atoms with Gasteiger partial charge < -0.3 is 19.9 Å². The molecule has 8 nitrogen and oxygen atoms in total. The SMILES string of the molecule is COC(=O)c1sccc1Oc1ccc(C(F)(F)F)cc1NC1=CC(=O)N(CCO)C1=O. The van der Waals surface area contributed by atoms with E-state index in [1.54, 1.807) is 0 Å². The molecule has 3 rings (SSSR count). The van der Waals surface area contributed by atoms with Crippen LogP contribution in [0, 0.1) is 0 Å². The lowest BCUT2D eigenvalue weighted by Crippen LogP contribution is -2.34. The summed E-state index contributed by atoms with van der Waals surface area (Å²) in [5.74, 6) is -2.30. The molecule has 0 saturated carbocycles. The first-order valence-corrected chi connectivity index (χ1v) is 9.54. The number of β-amino-alcohol motifs (C(OH)–C–C–N with tert-alkyl or cyclic N) is 1. The number of amides is 2. The number of ether oxygens (including phenoxy) is 2. The fourth-order valence-electron chi connectivity index (χ4n) is 2.69. The van der Waals surface area contributed by atoms with Crippen molar-refractivity contribution in [1.82, 2.24) is 4.90 Å². The third kappa shape index (κ3) is 4.70. The number of carbonyl (C=O) groups is 3. The van der Waals surface area contributed by atoms with E-state index >= 15 is 0 Å². The average Bonchev–Trinajstić information content (AvgIpc) is 3.28. The van der Waals surface area contributed by atoms with Crippen molar-refractivity contribution in [3.05, 3.63) is 51.9 Å². The molecule has 1 aromatic heterocycles. The third-order valence-electron chi connectivity index (χ3n) is 4.13. The highest BCUT2D eigenvalue weighted by Gasteiger charge is 2.34. The van der Waals surface area contributed by atoms with Crippen molar-refractivity contribution in [3.63, 3.8) is 0 Å². The first-order chi connectivity index (χ1) is 14.7. The first kappa shape index (κ1) is 22.3. The van der Waals surface area contributed by atoms with Crippen molar-refractivity contribution in [3.8, 4) is 11.5 Å². The van der Waals surface area contributed by atoms with Gasteiger partial charge in [0.1, 0.15) is 5.70 Å². The van der Waals surface area contributed by atoms with Crippen LogP contribution in [0.2, 0.25) is 0 Å².